The second-order valence-corrected chi connectivity index (χ2v) is 8.60. The Morgan fingerprint density at radius 2 is 2.03 bits per heavy atom. The van der Waals surface area contributed by atoms with Gasteiger partial charge in [-0.05, 0) is 66.5 Å². The molecule has 1 fully saturated rings. The predicted molar refractivity (Wildman–Crippen MR) is 116 cm³/mol. The maximum absolute atomic E-state index is 12.2. The van der Waals surface area contributed by atoms with E-state index < -0.39 is 0 Å². The number of likely N-dealkylation sites (tertiary alicyclic amines) is 1. The number of benzene rings is 2. The van der Waals surface area contributed by atoms with Gasteiger partial charge < -0.3 is 9.84 Å². The van der Waals surface area contributed by atoms with Crippen LogP contribution in [0.5, 0.6) is 0 Å². The molecule has 0 radical (unpaired) electrons. The third kappa shape index (κ3) is 3.90. The third-order valence-corrected chi connectivity index (χ3v) is 6.28. The summed E-state index contributed by atoms with van der Waals surface area (Å²) in [6, 6.07) is 17.3. The predicted octanol–water partition coefficient (Wildman–Crippen LogP) is 4.20. The van der Waals surface area contributed by atoms with Crippen molar-refractivity contribution in [1.82, 2.24) is 15.4 Å². The maximum atomic E-state index is 12.2. The van der Waals surface area contributed by atoms with Gasteiger partial charge in [-0.2, -0.15) is 0 Å². The summed E-state index contributed by atoms with van der Waals surface area (Å²) in [6.45, 7) is 5.57. The van der Waals surface area contributed by atoms with Gasteiger partial charge in [-0.25, -0.2) is 0 Å². The number of fused-ring (bicyclic) bond motifs is 3. The minimum atomic E-state index is -0.151. The fourth-order valence-corrected chi connectivity index (χ4v) is 4.82. The van der Waals surface area contributed by atoms with Crippen LogP contribution < -0.4 is 5.32 Å². The standard InChI is InChI=1S/C25H27N3O2/c1-17-11-24(27-30-17)25(29)26-14-19-5-4-10-28(16-19)15-18-8-9-23-21(12-18)13-20-6-2-3-7-22(20)23/h2-3,6-9,11-12,19H,4-5,10,13-16H2,1H3,(H,26,29)/t19-/m1/s1. The molecule has 5 heteroatoms. The molecule has 3 aromatic rings. The summed E-state index contributed by atoms with van der Waals surface area (Å²) < 4.78 is 4.99. The van der Waals surface area contributed by atoms with Crippen molar-refractivity contribution in [3.63, 3.8) is 0 Å². The van der Waals surface area contributed by atoms with E-state index in [4.69, 9.17) is 4.52 Å². The van der Waals surface area contributed by atoms with Gasteiger partial charge >= 0.3 is 0 Å². The molecule has 5 nitrogen and oxygen atoms in total. The van der Waals surface area contributed by atoms with Gasteiger partial charge in [0.15, 0.2) is 5.69 Å². The number of aromatic nitrogens is 1. The van der Waals surface area contributed by atoms with Gasteiger partial charge in [-0.1, -0.05) is 47.6 Å². The molecular formula is C25H27N3O2. The summed E-state index contributed by atoms with van der Waals surface area (Å²) in [5.41, 5.74) is 7.38. The van der Waals surface area contributed by atoms with E-state index in [2.05, 4.69) is 57.8 Å². The molecule has 2 heterocycles. The normalized spacial score (nSPS) is 18.1. The number of piperidine rings is 1. The second kappa shape index (κ2) is 8.07. The molecule has 2 aliphatic rings. The number of hydrogen-bond acceptors (Lipinski definition) is 4. The Balaban J connectivity index is 1.18. The van der Waals surface area contributed by atoms with Crippen molar-refractivity contribution in [1.29, 1.82) is 0 Å². The summed E-state index contributed by atoms with van der Waals surface area (Å²) in [5.74, 6) is 0.970. The smallest absolute Gasteiger partial charge is 0.273 e. The summed E-state index contributed by atoms with van der Waals surface area (Å²) in [7, 11) is 0. The highest BCUT2D eigenvalue weighted by molar-refractivity contribution is 5.92. The average molecular weight is 402 g/mol. The monoisotopic (exact) mass is 401 g/mol. The first-order valence-corrected chi connectivity index (χ1v) is 10.8. The highest BCUT2D eigenvalue weighted by atomic mass is 16.5. The molecule has 1 aliphatic heterocycles. The van der Waals surface area contributed by atoms with Crippen molar-refractivity contribution >= 4 is 5.91 Å². The fourth-order valence-electron chi connectivity index (χ4n) is 4.82. The van der Waals surface area contributed by atoms with Crippen LogP contribution in [0.2, 0.25) is 0 Å². The zero-order chi connectivity index (χ0) is 20.5. The van der Waals surface area contributed by atoms with Gasteiger partial charge in [-0.15, -0.1) is 0 Å². The van der Waals surface area contributed by atoms with Crippen LogP contribution in [0, 0.1) is 12.8 Å². The van der Waals surface area contributed by atoms with Crippen LogP contribution in [0.1, 0.15) is 45.8 Å². The molecule has 2 aromatic carbocycles. The van der Waals surface area contributed by atoms with Crippen LogP contribution in [0.15, 0.2) is 53.1 Å². The van der Waals surface area contributed by atoms with E-state index >= 15 is 0 Å². The van der Waals surface area contributed by atoms with Gasteiger partial charge in [0.25, 0.3) is 5.91 Å². The molecule has 5 rings (SSSR count). The first kappa shape index (κ1) is 19.1. The van der Waals surface area contributed by atoms with Crippen molar-refractivity contribution in [3.05, 3.63) is 76.7 Å². The molecule has 30 heavy (non-hydrogen) atoms. The number of carbonyl (C=O) groups is 1. The van der Waals surface area contributed by atoms with Gasteiger partial charge in [0.2, 0.25) is 0 Å². The van der Waals surface area contributed by atoms with E-state index in [1.807, 2.05) is 0 Å². The Bertz CT molecular complexity index is 1070. The van der Waals surface area contributed by atoms with Gasteiger partial charge in [-0.3, -0.25) is 9.69 Å². The molecular weight excluding hydrogens is 374 g/mol. The number of carbonyl (C=O) groups excluding carboxylic acids is 1. The van der Waals surface area contributed by atoms with Crippen molar-refractivity contribution in [2.45, 2.75) is 32.7 Å². The van der Waals surface area contributed by atoms with E-state index in [1.165, 1.54) is 34.2 Å². The topological polar surface area (TPSA) is 58.4 Å². The lowest BCUT2D eigenvalue weighted by atomic mass is 9.97. The molecule has 0 saturated carbocycles. The largest absolute Gasteiger partial charge is 0.361 e. The number of hydrogen-bond donors (Lipinski definition) is 1. The first-order chi connectivity index (χ1) is 14.7. The van der Waals surface area contributed by atoms with Crippen molar-refractivity contribution in [3.8, 4) is 11.1 Å². The highest BCUT2D eigenvalue weighted by Crippen LogP contribution is 2.37. The van der Waals surface area contributed by atoms with Crippen LogP contribution in [-0.4, -0.2) is 35.6 Å². The summed E-state index contributed by atoms with van der Waals surface area (Å²) in [5, 5.41) is 6.82. The average Bonchev–Trinajstić information content (AvgIpc) is 3.35. The molecule has 0 bridgehead atoms. The Hall–Kier alpha value is -2.92. The number of nitrogens with zero attached hydrogens (tertiary/aromatic N) is 2. The van der Waals surface area contributed by atoms with Crippen molar-refractivity contribution in [2.75, 3.05) is 19.6 Å². The van der Waals surface area contributed by atoms with Crippen LogP contribution in [-0.2, 0) is 13.0 Å². The molecule has 1 N–H and O–H groups in total. The third-order valence-electron chi connectivity index (χ3n) is 6.28. The molecule has 1 amide bonds. The molecule has 0 unspecified atom stereocenters. The molecule has 1 saturated heterocycles. The number of amides is 1. The van der Waals surface area contributed by atoms with Crippen LogP contribution in [0.4, 0.5) is 0 Å². The van der Waals surface area contributed by atoms with E-state index in [1.54, 1.807) is 13.0 Å². The minimum Gasteiger partial charge on any atom is -0.361 e. The highest BCUT2D eigenvalue weighted by Gasteiger charge is 2.23. The van der Waals surface area contributed by atoms with Crippen LogP contribution in [0.25, 0.3) is 11.1 Å². The quantitative estimate of drug-likeness (QED) is 0.545. The van der Waals surface area contributed by atoms with Crippen LogP contribution >= 0.6 is 0 Å². The molecule has 154 valence electrons. The van der Waals surface area contributed by atoms with Gasteiger partial charge in [0, 0.05) is 25.7 Å². The number of rotatable bonds is 5. The Kier molecular flexibility index (Phi) is 5.13. The molecule has 1 aliphatic carbocycles. The number of nitrogens with one attached hydrogen (secondary N) is 1. The van der Waals surface area contributed by atoms with E-state index in [-0.39, 0.29) is 5.91 Å². The van der Waals surface area contributed by atoms with E-state index in [0.717, 1.165) is 32.5 Å². The zero-order valence-corrected chi connectivity index (χ0v) is 17.4. The Morgan fingerprint density at radius 3 is 2.90 bits per heavy atom. The lowest BCUT2D eigenvalue weighted by Gasteiger charge is -2.33. The van der Waals surface area contributed by atoms with Gasteiger partial charge in [0.05, 0.1) is 0 Å². The van der Waals surface area contributed by atoms with E-state index in [0.29, 0.717) is 23.9 Å². The second-order valence-electron chi connectivity index (χ2n) is 8.60. The SMILES string of the molecule is Cc1cc(C(=O)NC[C@H]2CCCN(Cc3ccc4c(c3)Cc3ccccc3-4)C2)no1. The minimum absolute atomic E-state index is 0.151. The van der Waals surface area contributed by atoms with E-state index in [9.17, 15) is 4.79 Å². The first-order valence-electron chi connectivity index (χ1n) is 10.8. The summed E-state index contributed by atoms with van der Waals surface area (Å²) >= 11 is 0. The van der Waals surface area contributed by atoms with Crippen molar-refractivity contribution < 1.29 is 9.32 Å². The molecule has 1 atom stereocenters. The van der Waals surface area contributed by atoms with Gasteiger partial charge in [0.1, 0.15) is 5.76 Å². The lowest BCUT2D eigenvalue weighted by Crippen LogP contribution is -2.40. The fraction of sp³-hybridized carbons (Fsp3) is 0.360. The summed E-state index contributed by atoms with van der Waals surface area (Å²) in [4.78, 5) is 14.7. The van der Waals surface area contributed by atoms with Crippen molar-refractivity contribution in [2.24, 2.45) is 5.92 Å². The summed E-state index contributed by atoms with van der Waals surface area (Å²) in [6.07, 6.45) is 3.35. The lowest BCUT2D eigenvalue weighted by molar-refractivity contribution is 0.0921. The number of aryl methyl sites for hydroxylation is 1. The van der Waals surface area contributed by atoms with Crippen LogP contribution in [0.3, 0.4) is 0 Å². The molecule has 0 spiro atoms. The Labute approximate surface area is 177 Å². The zero-order valence-electron chi connectivity index (χ0n) is 17.4. The maximum Gasteiger partial charge on any atom is 0.273 e. The molecule has 1 aromatic heterocycles. The Morgan fingerprint density at radius 1 is 1.17 bits per heavy atom.